The molecule has 0 aliphatic rings. The van der Waals surface area contributed by atoms with Crippen molar-refractivity contribution >= 4 is 10.2 Å². The number of nitrogens with one attached hydrogen (secondary N) is 3. The average molecular weight is 217 g/mol. The molecule has 14 heavy (non-hydrogen) atoms. The molecule has 0 spiro atoms. The zero-order valence-electron chi connectivity index (χ0n) is 10.6. The van der Waals surface area contributed by atoms with Gasteiger partial charge in [0.05, 0.1) is 0 Å². The second-order valence-corrected chi connectivity index (χ2v) is 5.88. The van der Waals surface area contributed by atoms with E-state index in [9.17, 15) is 0 Å². The second kappa shape index (κ2) is 5.85. The maximum atomic E-state index is 3.60. The SMILES string of the molecule is CNC(CCC[SiH3])(NC)NC(C)(C)C. The van der Waals surface area contributed by atoms with E-state index >= 15 is 0 Å². The smallest absolute Gasteiger partial charge is 0.123 e. The fourth-order valence-corrected chi connectivity index (χ4v) is 2.00. The second-order valence-electron chi connectivity index (χ2n) is 4.88. The molecule has 0 saturated heterocycles. The van der Waals surface area contributed by atoms with Gasteiger partial charge in [0.15, 0.2) is 0 Å². The molecule has 0 unspecified atom stereocenters. The Balaban J connectivity index is 4.36. The normalized spacial score (nSPS) is 13.5. The van der Waals surface area contributed by atoms with Gasteiger partial charge in [-0.3, -0.25) is 16.0 Å². The lowest BCUT2D eigenvalue weighted by Crippen LogP contribution is -2.68. The number of rotatable bonds is 6. The molecular weight excluding hydrogens is 190 g/mol. The lowest BCUT2D eigenvalue weighted by Gasteiger charge is -2.40. The van der Waals surface area contributed by atoms with Crippen molar-refractivity contribution < 1.29 is 0 Å². The van der Waals surface area contributed by atoms with Crippen LogP contribution in [-0.2, 0) is 0 Å². The molecule has 0 aromatic carbocycles. The lowest BCUT2D eigenvalue weighted by molar-refractivity contribution is 0.157. The highest BCUT2D eigenvalue weighted by molar-refractivity contribution is 6.08. The highest BCUT2D eigenvalue weighted by Crippen LogP contribution is 2.12. The van der Waals surface area contributed by atoms with Gasteiger partial charge in [0, 0.05) is 15.8 Å². The molecule has 3 N–H and O–H groups in total. The molecular formula is C10H27N3Si. The maximum Gasteiger partial charge on any atom is 0.123 e. The Kier molecular flexibility index (Phi) is 5.89. The third-order valence-corrected chi connectivity index (χ3v) is 3.05. The van der Waals surface area contributed by atoms with E-state index in [2.05, 4.69) is 36.7 Å². The van der Waals surface area contributed by atoms with Crippen LogP contribution in [0.25, 0.3) is 0 Å². The first kappa shape index (κ1) is 14.1. The molecule has 3 nitrogen and oxygen atoms in total. The molecule has 0 aromatic heterocycles. The fraction of sp³-hybridized carbons (Fsp3) is 1.00. The van der Waals surface area contributed by atoms with Gasteiger partial charge in [-0.25, -0.2) is 0 Å². The van der Waals surface area contributed by atoms with Crippen LogP contribution in [0.1, 0.15) is 33.6 Å². The third kappa shape index (κ3) is 5.10. The summed E-state index contributed by atoms with van der Waals surface area (Å²) in [5.41, 5.74) is 0.122. The zero-order chi connectivity index (χ0) is 11.2. The zero-order valence-corrected chi connectivity index (χ0v) is 12.6. The van der Waals surface area contributed by atoms with Gasteiger partial charge < -0.3 is 0 Å². The topological polar surface area (TPSA) is 36.1 Å². The van der Waals surface area contributed by atoms with Crippen LogP contribution in [0, 0.1) is 0 Å². The first-order valence-electron chi connectivity index (χ1n) is 5.56. The summed E-state index contributed by atoms with van der Waals surface area (Å²) in [5.74, 6) is -0.108. The van der Waals surface area contributed by atoms with E-state index in [0.717, 1.165) is 6.42 Å². The number of hydrogen-bond donors (Lipinski definition) is 3. The molecule has 0 radical (unpaired) electrons. The molecule has 0 amide bonds. The van der Waals surface area contributed by atoms with Crippen molar-refractivity contribution in [3.8, 4) is 0 Å². The maximum absolute atomic E-state index is 3.60. The van der Waals surface area contributed by atoms with Gasteiger partial charge in [-0.2, -0.15) is 0 Å². The van der Waals surface area contributed by atoms with Crippen molar-refractivity contribution in [3.05, 3.63) is 0 Å². The molecule has 0 atom stereocenters. The Morgan fingerprint density at radius 3 is 1.86 bits per heavy atom. The molecule has 0 heterocycles. The fourth-order valence-electron chi connectivity index (χ4n) is 1.64. The van der Waals surface area contributed by atoms with Gasteiger partial charge in [0.25, 0.3) is 0 Å². The summed E-state index contributed by atoms with van der Waals surface area (Å²) in [6.45, 7) is 6.57. The van der Waals surface area contributed by atoms with E-state index in [0.29, 0.717) is 0 Å². The minimum absolute atomic E-state index is 0.108. The minimum atomic E-state index is -0.108. The van der Waals surface area contributed by atoms with Crippen LogP contribution in [0.2, 0.25) is 6.04 Å². The summed E-state index contributed by atoms with van der Waals surface area (Å²) in [4.78, 5) is 0. The highest BCUT2D eigenvalue weighted by Gasteiger charge is 2.29. The van der Waals surface area contributed by atoms with Gasteiger partial charge in [-0.05, 0) is 41.3 Å². The predicted molar refractivity (Wildman–Crippen MR) is 67.7 cm³/mol. The van der Waals surface area contributed by atoms with Gasteiger partial charge in [-0.15, -0.1) is 0 Å². The largest absolute Gasteiger partial charge is 0.290 e. The average Bonchev–Trinajstić information content (AvgIpc) is 2.10. The highest BCUT2D eigenvalue weighted by atomic mass is 28.1. The summed E-state index contributed by atoms with van der Waals surface area (Å²) in [5, 5.41) is 10.3. The third-order valence-electron chi connectivity index (χ3n) is 2.35. The van der Waals surface area contributed by atoms with Crippen molar-refractivity contribution in [2.24, 2.45) is 0 Å². The molecule has 0 bridgehead atoms. The van der Waals surface area contributed by atoms with E-state index in [1.165, 1.54) is 22.7 Å². The lowest BCUT2D eigenvalue weighted by atomic mass is 10.0. The molecule has 0 aromatic rings. The van der Waals surface area contributed by atoms with Crippen LogP contribution in [0.15, 0.2) is 0 Å². The number of hydrogen-bond acceptors (Lipinski definition) is 3. The molecule has 0 fully saturated rings. The van der Waals surface area contributed by atoms with Gasteiger partial charge in [0.2, 0.25) is 0 Å². The Morgan fingerprint density at radius 1 is 1.07 bits per heavy atom. The van der Waals surface area contributed by atoms with Crippen molar-refractivity contribution in [1.29, 1.82) is 0 Å². The molecule has 0 saturated carbocycles. The van der Waals surface area contributed by atoms with Crippen molar-refractivity contribution in [3.63, 3.8) is 0 Å². The van der Waals surface area contributed by atoms with Crippen LogP contribution in [0.5, 0.6) is 0 Å². The van der Waals surface area contributed by atoms with E-state index < -0.39 is 0 Å². The Labute approximate surface area is 91.8 Å². The summed E-state index contributed by atoms with van der Waals surface area (Å²) >= 11 is 0. The first-order valence-corrected chi connectivity index (χ1v) is 6.97. The van der Waals surface area contributed by atoms with Crippen molar-refractivity contribution in [2.45, 2.75) is 51.0 Å². The standard InChI is InChI=1S/C10H27N3Si/c1-9(2,3)13-10(11-4,12-5)7-6-8-14/h11-13H,6-8H2,1-5,14H3. The molecule has 4 heteroatoms. The first-order chi connectivity index (χ1) is 6.39. The Hall–Kier alpha value is 0.0969. The van der Waals surface area contributed by atoms with Crippen molar-refractivity contribution in [1.82, 2.24) is 16.0 Å². The summed E-state index contributed by atoms with van der Waals surface area (Å²) in [6.07, 6.45) is 2.40. The molecule has 86 valence electrons. The predicted octanol–water partition coefficient (Wildman–Crippen LogP) is 0.0310. The van der Waals surface area contributed by atoms with Crippen LogP contribution in [-0.4, -0.2) is 35.7 Å². The molecule has 0 rings (SSSR count). The van der Waals surface area contributed by atoms with Crippen molar-refractivity contribution in [2.75, 3.05) is 14.1 Å². The van der Waals surface area contributed by atoms with Crippen LogP contribution < -0.4 is 16.0 Å². The minimum Gasteiger partial charge on any atom is -0.290 e. The monoisotopic (exact) mass is 217 g/mol. The quantitative estimate of drug-likeness (QED) is 0.434. The molecule has 0 aliphatic carbocycles. The summed E-state index contributed by atoms with van der Waals surface area (Å²) < 4.78 is 0. The van der Waals surface area contributed by atoms with Crippen LogP contribution in [0.4, 0.5) is 0 Å². The van der Waals surface area contributed by atoms with Crippen LogP contribution in [0.3, 0.4) is 0 Å². The van der Waals surface area contributed by atoms with Crippen LogP contribution >= 0.6 is 0 Å². The summed E-state index contributed by atoms with van der Waals surface area (Å²) in [6, 6.07) is 1.36. The van der Waals surface area contributed by atoms with Gasteiger partial charge in [0.1, 0.15) is 5.79 Å². The van der Waals surface area contributed by atoms with Gasteiger partial charge >= 0.3 is 0 Å². The Morgan fingerprint density at radius 2 is 1.57 bits per heavy atom. The summed E-state index contributed by atoms with van der Waals surface area (Å²) in [7, 11) is 5.30. The van der Waals surface area contributed by atoms with Gasteiger partial charge in [-0.1, -0.05) is 12.5 Å². The molecule has 0 aliphatic heterocycles. The van der Waals surface area contributed by atoms with E-state index in [-0.39, 0.29) is 11.3 Å². The van der Waals surface area contributed by atoms with E-state index in [4.69, 9.17) is 0 Å². The van der Waals surface area contributed by atoms with E-state index in [1.54, 1.807) is 0 Å². The Bertz CT molecular complexity index is 150. The van der Waals surface area contributed by atoms with E-state index in [1.807, 2.05) is 14.1 Å².